The normalized spacial score (nSPS) is 15.5. The Hall–Kier alpha value is -2.78. The third kappa shape index (κ3) is 5.03. The van der Waals surface area contributed by atoms with Crippen LogP contribution < -0.4 is 10.6 Å². The van der Waals surface area contributed by atoms with Gasteiger partial charge in [0.1, 0.15) is 4.90 Å². The monoisotopic (exact) mass is 430 g/mol. The predicted molar refractivity (Wildman–Crippen MR) is 114 cm³/mol. The van der Waals surface area contributed by atoms with Gasteiger partial charge in [-0.15, -0.1) is 0 Å². The largest absolute Gasteiger partial charge is 0.326 e. The van der Waals surface area contributed by atoms with Gasteiger partial charge in [0.25, 0.3) is 0 Å². The van der Waals surface area contributed by atoms with Crippen LogP contribution in [0.3, 0.4) is 0 Å². The number of amides is 2. The van der Waals surface area contributed by atoms with Gasteiger partial charge in [0.15, 0.2) is 0 Å². The zero-order chi connectivity index (χ0) is 21.7. The number of nitrogens with zero attached hydrogens (tertiary/aromatic N) is 2. The molecule has 1 saturated heterocycles. The summed E-state index contributed by atoms with van der Waals surface area (Å²) < 4.78 is 26.8. The molecule has 0 saturated carbocycles. The fourth-order valence-corrected chi connectivity index (χ4v) is 4.76. The Balaban J connectivity index is 1.62. The Bertz CT molecular complexity index is 1020. The smallest absolute Gasteiger partial charge is 0.244 e. The van der Waals surface area contributed by atoms with Crippen LogP contribution in [0.15, 0.2) is 47.6 Å². The minimum absolute atomic E-state index is 0.0988. The summed E-state index contributed by atoms with van der Waals surface area (Å²) in [5.74, 6) is -0.521. The zero-order valence-corrected chi connectivity index (χ0v) is 17.9. The van der Waals surface area contributed by atoms with Gasteiger partial charge >= 0.3 is 0 Å². The number of rotatable bonds is 6. The molecule has 0 unspecified atom stereocenters. The molecular weight excluding hydrogens is 404 g/mol. The van der Waals surface area contributed by atoms with Gasteiger partial charge in [0.05, 0.1) is 0 Å². The molecule has 2 heterocycles. The first kappa shape index (κ1) is 21.9. The number of hydrogen-bond donors (Lipinski definition) is 2. The number of aromatic nitrogens is 1. The number of benzene rings is 1. The Labute approximate surface area is 176 Å². The lowest BCUT2D eigenvalue weighted by molar-refractivity contribution is -0.121. The Morgan fingerprint density at radius 3 is 2.53 bits per heavy atom. The van der Waals surface area contributed by atoms with Crippen molar-refractivity contribution >= 4 is 33.2 Å². The minimum atomic E-state index is -3.60. The van der Waals surface area contributed by atoms with Crippen LogP contribution >= 0.6 is 0 Å². The van der Waals surface area contributed by atoms with E-state index in [9.17, 15) is 18.0 Å². The highest BCUT2D eigenvalue weighted by molar-refractivity contribution is 7.89. The number of hydrogen-bond acceptors (Lipinski definition) is 5. The Morgan fingerprint density at radius 2 is 1.90 bits per heavy atom. The van der Waals surface area contributed by atoms with Crippen molar-refractivity contribution in [1.29, 1.82) is 0 Å². The van der Waals surface area contributed by atoms with Crippen LogP contribution in [0.4, 0.5) is 11.4 Å². The van der Waals surface area contributed by atoms with Gasteiger partial charge in [-0.25, -0.2) is 8.42 Å². The molecule has 1 aromatic heterocycles. The predicted octanol–water partition coefficient (Wildman–Crippen LogP) is 2.78. The van der Waals surface area contributed by atoms with Crippen LogP contribution in [0.1, 0.15) is 31.7 Å². The first-order valence-corrected chi connectivity index (χ1v) is 11.4. The molecular formula is C21H26N4O4S. The Kier molecular flexibility index (Phi) is 6.84. The van der Waals surface area contributed by atoms with Gasteiger partial charge in [-0.2, -0.15) is 4.31 Å². The molecule has 160 valence electrons. The van der Waals surface area contributed by atoms with Crippen LogP contribution in [0.25, 0.3) is 0 Å². The molecule has 0 spiro atoms. The highest BCUT2D eigenvalue weighted by Gasteiger charge is 2.32. The molecule has 0 bridgehead atoms. The second-order valence-electron chi connectivity index (χ2n) is 7.29. The van der Waals surface area contributed by atoms with E-state index >= 15 is 0 Å². The van der Waals surface area contributed by atoms with E-state index in [4.69, 9.17) is 0 Å². The number of aryl methyl sites for hydroxylation is 1. The number of sulfonamides is 1. The second kappa shape index (κ2) is 9.36. The molecule has 1 aromatic carbocycles. The van der Waals surface area contributed by atoms with Crippen molar-refractivity contribution < 1.29 is 18.0 Å². The van der Waals surface area contributed by atoms with Crippen LogP contribution in [-0.2, 0) is 19.6 Å². The van der Waals surface area contributed by atoms with Crippen molar-refractivity contribution in [3.8, 4) is 0 Å². The van der Waals surface area contributed by atoms with Crippen molar-refractivity contribution in [3.05, 3.63) is 48.3 Å². The molecule has 3 rings (SSSR count). The number of carbonyl (C=O) groups is 2. The minimum Gasteiger partial charge on any atom is -0.326 e. The average molecular weight is 431 g/mol. The third-order valence-corrected chi connectivity index (χ3v) is 7.08. The van der Waals surface area contributed by atoms with Gasteiger partial charge < -0.3 is 10.6 Å². The second-order valence-corrected chi connectivity index (χ2v) is 9.23. The van der Waals surface area contributed by atoms with Crippen molar-refractivity contribution in [2.45, 2.75) is 38.0 Å². The number of pyridine rings is 1. The number of carbonyl (C=O) groups excluding carboxylic acids is 2. The molecule has 30 heavy (non-hydrogen) atoms. The highest BCUT2D eigenvalue weighted by atomic mass is 32.2. The fraction of sp³-hybridized carbons (Fsp3) is 0.381. The van der Waals surface area contributed by atoms with E-state index in [0.29, 0.717) is 30.6 Å². The molecule has 1 fully saturated rings. The number of anilines is 2. The molecule has 2 aromatic rings. The summed E-state index contributed by atoms with van der Waals surface area (Å²) in [4.78, 5) is 28.4. The number of nitrogens with one attached hydrogen (secondary N) is 2. The van der Waals surface area contributed by atoms with Crippen LogP contribution in [0.2, 0.25) is 0 Å². The lowest BCUT2D eigenvalue weighted by Gasteiger charge is -2.30. The maximum absolute atomic E-state index is 12.8. The standard InChI is InChI=1S/C21H26N4O4S/c1-3-20(26)23-17-7-6-15(2)19(13-17)24-21(27)16-8-11-25(12-9-16)30(28,29)18-5-4-10-22-14-18/h4-7,10,13-14,16H,3,8-9,11-12H2,1-2H3,(H,23,26)(H,24,27). The lowest BCUT2D eigenvalue weighted by Crippen LogP contribution is -2.41. The molecule has 8 nitrogen and oxygen atoms in total. The molecule has 0 aliphatic carbocycles. The van der Waals surface area contributed by atoms with Crippen LogP contribution in [0.5, 0.6) is 0 Å². The zero-order valence-electron chi connectivity index (χ0n) is 17.1. The molecule has 1 aliphatic rings. The maximum atomic E-state index is 12.8. The van der Waals surface area contributed by atoms with Crippen molar-refractivity contribution in [2.24, 2.45) is 5.92 Å². The van der Waals surface area contributed by atoms with Gasteiger partial charge in [-0.1, -0.05) is 13.0 Å². The fourth-order valence-electron chi connectivity index (χ4n) is 3.33. The van der Waals surface area contributed by atoms with Gasteiger partial charge in [0.2, 0.25) is 21.8 Å². The lowest BCUT2D eigenvalue weighted by atomic mass is 9.97. The highest BCUT2D eigenvalue weighted by Crippen LogP contribution is 2.26. The molecule has 2 amide bonds. The van der Waals surface area contributed by atoms with Crippen molar-refractivity contribution in [3.63, 3.8) is 0 Å². The van der Waals surface area contributed by atoms with E-state index in [1.807, 2.05) is 13.0 Å². The van der Waals surface area contributed by atoms with Crippen molar-refractivity contribution in [1.82, 2.24) is 9.29 Å². The van der Waals surface area contributed by atoms with E-state index in [1.54, 1.807) is 25.1 Å². The topological polar surface area (TPSA) is 108 Å². The summed E-state index contributed by atoms with van der Waals surface area (Å²) in [5, 5.41) is 5.71. The quantitative estimate of drug-likeness (QED) is 0.733. The summed E-state index contributed by atoms with van der Waals surface area (Å²) in [6.07, 6.45) is 4.12. The van der Waals surface area contributed by atoms with Crippen LogP contribution in [0, 0.1) is 12.8 Å². The third-order valence-electron chi connectivity index (χ3n) is 5.20. The van der Waals surface area contributed by atoms with E-state index in [-0.39, 0.29) is 35.7 Å². The first-order valence-electron chi connectivity index (χ1n) is 9.93. The van der Waals surface area contributed by atoms with E-state index < -0.39 is 10.0 Å². The average Bonchev–Trinajstić information content (AvgIpc) is 2.76. The number of piperidine rings is 1. The Morgan fingerprint density at radius 1 is 1.17 bits per heavy atom. The van der Waals surface area contributed by atoms with Crippen molar-refractivity contribution in [2.75, 3.05) is 23.7 Å². The maximum Gasteiger partial charge on any atom is 0.244 e. The van der Waals surface area contributed by atoms with Gasteiger partial charge in [0, 0.05) is 49.2 Å². The molecule has 1 aliphatic heterocycles. The van der Waals surface area contributed by atoms with E-state index in [2.05, 4.69) is 15.6 Å². The van der Waals surface area contributed by atoms with Crippen LogP contribution in [-0.4, -0.2) is 42.6 Å². The van der Waals surface area contributed by atoms with E-state index in [0.717, 1.165) is 5.56 Å². The molecule has 2 N–H and O–H groups in total. The summed E-state index contributed by atoms with van der Waals surface area (Å²) in [5.41, 5.74) is 2.15. The van der Waals surface area contributed by atoms with Gasteiger partial charge in [-0.3, -0.25) is 14.6 Å². The summed E-state index contributed by atoms with van der Waals surface area (Å²) in [6.45, 7) is 4.21. The first-order chi connectivity index (χ1) is 14.3. The molecule has 0 atom stereocenters. The van der Waals surface area contributed by atoms with Gasteiger partial charge in [-0.05, 0) is 49.6 Å². The summed E-state index contributed by atoms with van der Waals surface area (Å²) in [7, 11) is -3.60. The molecule has 0 radical (unpaired) electrons. The summed E-state index contributed by atoms with van der Waals surface area (Å²) in [6, 6.07) is 8.48. The SMILES string of the molecule is CCC(=O)Nc1ccc(C)c(NC(=O)C2CCN(S(=O)(=O)c3cccnc3)CC2)c1. The molecule has 9 heteroatoms. The van der Waals surface area contributed by atoms with E-state index in [1.165, 1.54) is 22.8 Å². The summed E-state index contributed by atoms with van der Waals surface area (Å²) >= 11 is 0.